The normalized spacial score (nSPS) is 21.3. The number of benzene rings is 1. The predicted octanol–water partition coefficient (Wildman–Crippen LogP) is 3.89. The minimum absolute atomic E-state index is 0.0132. The van der Waals surface area contributed by atoms with Gasteiger partial charge in [-0.1, -0.05) is 13.3 Å². The molecule has 2 aromatic rings. The highest BCUT2D eigenvalue weighted by Gasteiger charge is 2.44. The summed E-state index contributed by atoms with van der Waals surface area (Å²) in [6.45, 7) is 5.54. The van der Waals surface area contributed by atoms with Crippen molar-refractivity contribution in [1.82, 2.24) is 5.32 Å². The third-order valence-corrected chi connectivity index (χ3v) is 7.55. The van der Waals surface area contributed by atoms with Gasteiger partial charge in [0.2, 0.25) is 5.91 Å². The summed E-state index contributed by atoms with van der Waals surface area (Å²) in [5.74, 6) is -0.226. The summed E-state index contributed by atoms with van der Waals surface area (Å²) in [4.78, 5) is 42.2. The van der Waals surface area contributed by atoms with Crippen LogP contribution in [0.1, 0.15) is 41.4 Å². The highest BCUT2D eigenvalue weighted by molar-refractivity contribution is 9.11. The number of hydrogen-bond donors (Lipinski definition) is 1. The van der Waals surface area contributed by atoms with E-state index in [9.17, 15) is 14.4 Å². The molecule has 2 saturated heterocycles. The number of rotatable bonds is 6. The van der Waals surface area contributed by atoms with Crippen LogP contribution in [0.3, 0.4) is 0 Å². The van der Waals surface area contributed by atoms with Gasteiger partial charge in [0.15, 0.2) is 0 Å². The van der Waals surface area contributed by atoms with E-state index in [1.165, 1.54) is 11.3 Å². The number of nitrogens with zero attached hydrogens (tertiary/aromatic N) is 2. The molecule has 170 valence electrons. The molecule has 32 heavy (non-hydrogen) atoms. The highest BCUT2D eigenvalue weighted by atomic mass is 79.9. The van der Waals surface area contributed by atoms with Crippen LogP contribution < -0.4 is 15.1 Å². The quantitative estimate of drug-likeness (QED) is 0.627. The second kappa shape index (κ2) is 9.33. The number of nitrogens with one attached hydrogen (secondary N) is 1. The monoisotopic (exact) mass is 519 g/mol. The summed E-state index contributed by atoms with van der Waals surface area (Å²) >= 11 is 4.77. The van der Waals surface area contributed by atoms with Crippen molar-refractivity contribution in [1.29, 1.82) is 0 Å². The van der Waals surface area contributed by atoms with Gasteiger partial charge in [-0.25, -0.2) is 0 Å². The number of carbonyl (C=O) groups is 3. The van der Waals surface area contributed by atoms with Crippen molar-refractivity contribution in [3.63, 3.8) is 0 Å². The molecule has 1 aromatic carbocycles. The number of hydrogen-bond acceptors (Lipinski definition) is 5. The fraction of sp³-hybridized carbons (Fsp3) is 0.435. The van der Waals surface area contributed by atoms with Gasteiger partial charge >= 0.3 is 0 Å². The van der Waals surface area contributed by atoms with Crippen LogP contribution in [0.25, 0.3) is 0 Å². The van der Waals surface area contributed by atoms with Gasteiger partial charge in [-0.3, -0.25) is 14.4 Å². The van der Waals surface area contributed by atoms with Gasteiger partial charge in [0.1, 0.15) is 6.61 Å². The molecule has 2 fully saturated rings. The van der Waals surface area contributed by atoms with Crippen LogP contribution in [-0.2, 0) is 14.3 Å². The Balaban J connectivity index is 1.55. The van der Waals surface area contributed by atoms with Crippen LogP contribution in [0.2, 0.25) is 0 Å². The van der Waals surface area contributed by atoms with E-state index in [0.29, 0.717) is 31.0 Å². The Morgan fingerprint density at radius 2 is 2.03 bits per heavy atom. The van der Waals surface area contributed by atoms with Crippen molar-refractivity contribution >= 4 is 56.4 Å². The average Bonchev–Trinajstić information content (AvgIpc) is 3.32. The maximum atomic E-state index is 13.0. The van der Waals surface area contributed by atoms with Gasteiger partial charge in [0, 0.05) is 24.5 Å². The van der Waals surface area contributed by atoms with E-state index in [0.717, 1.165) is 27.1 Å². The molecule has 0 bridgehead atoms. The molecule has 3 heterocycles. The minimum Gasteiger partial charge on any atom is -0.370 e. The van der Waals surface area contributed by atoms with E-state index in [1.54, 1.807) is 15.9 Å². The lowest BCUT2D eigenvalue weighted by atomic mass is 9.92. The summed E-state index contributed by atoms with van der Waals surface area (Å²) in [7, 11) is 0. The first-order valence-corrected chi connectivity index (χ1v) is 12.3. The number of halogens is 1. The molecule has 0 aliphatic carbocycles. The molecule has 7 nitrogen and oxygen atoms in total. The zero-order chi connectivity index (χ0) is 22.9. The van der Waals surface area contributed by atoms with Gasteiger partial charge in [0.25, 0.3) is 11.8 Å². The van der Waals surface area contributed by atoms with Crippen LogP contribution in [0.15, 0.2) is 34.1 Å². The Hall–Kier alpha value is -2.23. The van der Waals surface area contributed by atoms with Crippen molar-refractivity contribution < 1.29 is 19.1 Å². The van der Waals surface area contributed by atoms with Crippen LogP contribution in [0.5, 0.6) is 0 Å². The highest BCUT2D eigenvalue weighted by Crippen LogP contribution is 2.34. The molecule has 1 atom stereocenters. The maximum absolute atomic E-state index is 13.0. The van der Waals surface area contributed by atoms with Gasteiger partial charge < -0.3 is 19.9 Å². The first-order chi connectivity index (χ1) is 15.3. The number of thiophene rings is 1. The molecule has 1 aromatic heterocycles. The van der Waals surface area contributed by atoms with Gasteiger partial charge in [-0.15, -0.1) is 11.3 Å². The lowest BCUT2D eigenvalue weighted by Crippen LogP contribution is -2.50. The zero-order valence-corrected chi connectivity index (χ0v) is 20.6. The summed E-state index contributed by atoms with van der Waals surface area (Å²) in [5, 5.41) is 3.16. The minimum atomic E-state index is -0.605. The molecule has 2 aliphatic heterocycles. The van der Waals surface area contributed by atoms with Crippen LogP contribution in [0.4, 0.5) is 11.4 Å². The van der Waals surface area contributed by atoms with E-state index in [-0.39, 0.29) is 30.7 Å². The average molecular weight is 520 g/mol. The Bertz CT molecular complexity index is 1060. The Kier molecular flexibility index (Phi) is 6.69. The van der Waals surface area contributed by atoms with Crippen molar-refractivity contribution in [2.45, 2.75) is 38.6 Å². The molecule has 0 radical (unpaired) electrons. The third-order valence-electron chi connectivity index (χ3n) is 5.92. The molecular weight excluding hydrogens is 494 g/mol. The predicted molar refractivity (Wildman–Crippen MR) is 128 cm³/mol. The van der Waals surface area contributed by atoms with Crippen molar-refractivity contribution in [3.8, 4) is 0 Å². The van der Waals surface area contributed by atoms with E-state index >= 15 is 0 Å². The lowest BCUT2D eigenvalue weighted by molar-refractivity contribution is -0.125. The number of amides is 3. The molecule has 0 spiro atoms. The van der Waals surface area contributed by atoms with Crippen molar-refractivity contribution in [2.75, 3.05) is 36.1 Å². The number of anilines is 2. The van der Waals surface area contributed by atoms with Crippen LogP contribution in [-0.4, -0.2) is 49.6 Å². The molecule has 4 rings (SSSR count). The standard InChI is InChI=1S/C23H26BrN3O4S/c1-3-8-23(25-22(30)18-6-7-19(24)32-18)12-20(28)27(14-23)16-4-5-17(15(2)11-16)26-9-10-31-13-21(26)29/h4-7,11H,3,8-10,12-14H2,1-2H3,(H,25,30). The number of carbonyl (C=O) groups excluding carboxylic acids is 3. The fourth-order valence-electron chi connectivity index (χ4n) is 4.48. The number of aryl methyl sites for hydroxylation is 1. The van der Waals surface area contributed by atoms with Crippen molar-refractivity contribution in [2.24, 2.45) is 0 Å². The summed E-state index contributed by atoms with van der Waals surface area (Å²) in [5.41, 5.74) is 1.94. The number of ether oxygens (including phenoxy) is 1. The maximum Gasteiger partial charge on any atom is 0.261 e. The molecule has 0 saturated carbocycles. The molecule has 2 aliphatic rings. The Morgan fingerprint density at radius 3 is 2.69 bits per heavy atom. The molecule has 1 unspecified atom stereocenters. The molecule has 9 heteroatoms. The first-order valence-electron chi connectivity index (χ1n) is 10.7. The van der Waals surface area contributed by atoms with E-state index < -0.39 is 5.54 Å². The fourth-order valence-corrected chi connectivity index (χ4v) is 5.76. The molecular formula is C23H26BrN3O4S. The Labute approximate surface area is 199 Å². The van der Waals surface area contributed by atoms with Gasteiger partial charge in [-0.2, -0.15) is 0 Å². The topological polar surface area (TPSA) is 79.0 Å². The van der Waals surface area contributed by atoms with E-state index in [2.05, 4.69) is 28.2 Å². The smallest absolute Gasteiger partial charge is 0.261 e. The molecule has 3 amide bonds. The van der Waals surface area contributed by atoms with Gasteiger partial charge in [0.05, 0.1) is 27.2 Å². The molecule has 1 N–H and O–H groups in total. The zero-order valence-electron chi connectivity index (χ0n) is 18.2. The lowest BCUT2D eigenvalue weighted by Gasteiger charge is -2.30. The van der Waals surface area contributed by atoms with E-state index in [4.69, 9.17) is 4.74 Å². The van der Waals surface area contributed by atoms with Crippen molar-refractivity contribution in [3.05, 3.63) is 44.6 Å². The largest absolute Gasteiger partial charge is 0.370 e. The Morgan fingerprint density at radius 1 is 1.22 bits per heavy atom. The van der Waals surface area contributed by atoms with Gasteiger partial charge in [-0.05, 0) is 65.2 Å². The summed E-state index contributed by atoms with van der Waals surface area (Å²) in [6, 6.07) is 9.34. The summed E-state index contributed by atoms with van der Waals surface area (Å²) in [6.07, 6.45) is 1.83. The SMILES string of the molecule is CCCC1(NC(=O)c2ccc(Br)s2)CC(=O)N(c2ccc(N3CCOCC3=O)c(C)c2)C1. The second-order valence-corrected chi connectivity index (χ2v) is 10.8. The second-order valence-electron chi connectivity index (χ2n) is 8.31. The summed E-state index contributed by atoms with van der Waals surface area (Å²) < 4.78 is 6.12. The third kappa shape index (κ3) is 4.60. The van der Waals surface area contributed by atoms with Crippen LogP contribution >= 0.6 is 27.3 Å². The van der Waals surface area contributed by atoms with E-state index in [1.807, 2.05) is 31.2 Å². The number of morpholine rings is 1. The van der Waals surface area contributed by atoms with Crippen LogP contribution in [0, 0.1) is 6.92 Å². The first kappa shape index (κ1) is 22.9.